The molecule has 1 fully saturated rings. The van der Waals surface area contributed by atoms with Gasteiger partial charge in [-0.2, -0.15) is 0 Å². The highest BCUT2D eigenvalue weighted by Crippen LogP contribution is 2.21. The predicted molar refractivity (Wildman–Crippen MR) is 64.5 cm³/mol. The molecule has 0 radical (unpaired) electrons. The first-order chi connectivity index (χ1) is 7.54. The Morgan fingerprint density at radius 1 is 1.44 bits per heavy atom. The van der Waals surface area contributed by atoms with E-state index in [1.165, 1.54) is 0 Å². The van der Waals surface area contributed by atoms with Crippen molar-refractivity contribution in [3.8, 4) is 0 Å². The van der Waals surface area contributed by atoms with E-state index in [9.17, 15) is 4.79 Å². The van der Waals surface area contributed by atoms with Gasteiger partial charge in [0.15, 0.2) is 0 Å². The van der Waals surface area contributed by atoms with Gasteiger partial charge < -0.3 is 15.3 Å². The standard InChI is InChI=1S/C12H24N2O2/c1-9(2)8-14-6-4-10(5-7-14)11(13-3)12(15)16/h9-11,13H,4-8H2,1-3H3,(H,15,16). The lowest BCUT2D eigenvalue weighted by Gasteiger charge is -2.35. The molecule has 0 bridgehead atoms. The Hall–Kier alpha value is -0.610. The summed E-state index contributed by atoms with van der Waals surface area (Å²) in [7, 11) is 1.74. The molecule has 0 aromatic heterocycles. The van der Waals surface area contributed by atoms with Crippen molar-refractivity contribution in [3.63, 3.8) is 0 Å². The van der Waals surface area contributed by atoms with Gasteiger partial charge in [0.1, 0.15) is 6.04 Å². The van der Waals surface area contributed by atoms with Crippen LogP contribution >= 0.6 is 0 Å². The van der Waals surface area contributed by atoms with E-state index >= 15 is 0 Å². The number of hydrogen-bond donors (Lipinski definition) is 2. The first-order valence-corrected chi connectivity index (χ1v) is 6.17. The van der Waals surface area contributed by atoms with Crippen LogP contribution in [0.2, 0.25) is 0 Å². The van der Waals surface area contributed by atoms with Crippen LogP contribution in [0.25, 0.3) is 0 Å². The molecule has 4 heteroatoms. The van der Waals surface area contributed by atoms with E-state index in [2.05, 4.69) is 24.1 Å². The van der Waals surface area contributed by atoms with E-state index in [1.54, 1.807) is 7.05 Å². The molecular weight excluding hydrogens is 204 g/mol. The normalized spacial score (nSPS) is 21.2. The van der Waals surface area contributed by atoms with Crippen molar-refractivity contribution in [2.24, 2.45) is 11.8 Å². The second-order valence-electron chi connectivity index (χ2n) is 5.14. The Labute approximate surface area is 98.0 Å². The number of hydrogen-bond acceptors (Lipinski definition) is 3. The number of nitrogens with zero attached hydrogens (tertiary/aromatic N) is 1. The molecule has 1 aliphatic rings. The molecule has 0 aromatic carbocycles. The monoisotopic (exact) mass is 228 g/mol. The van der Waals surface area contributed by atoms with Gasteiger partial charge in [0.2, 0.25) is 0 Å². The first-order valence-electron chi connectivity index (χ1n) is 6.17. The van der Waals surface area contributed by atoms with Crippen LogP contribution in [0.1, 0.15) is 26.7 Å². The fourth-order valence-corrected chi connectivity index (χ4v) is 2.55. The molecule has 1 heterocycles. The van der Waals surface area contributed by atoms with Crippen molar-refractivity contribution in [2.75, 3.05) is 26.7 Å². The Balaban J connectivity index is 2.38. The Bertz CT molecular complexity index is 223. The number of aliphatic carboxylic acids is 1. The number of carboxylic acids is 1. The third kappa shape index (κ3) is 3.76. The molecule has 0 amide bonds. The van der Waals surface area contributed by atoms with Gasteiger partial charge in [-0.3, -0.25) is 4.79 Å². The summed E-state index contributed by atoms with van der Waals surface area (Å²) in [4.78, 5) is 13.5. The number of likely N-dealkylation sites (tertiary alicyclic amines) is 1. The maximum Gasteiger partial charge on any atom is 0.320 e. The molecule has 0 spiro atoms. The number of nitrogens with one attached hydrogen (secondary N) is 1. The molecule has 1 rings (SSSR count). The maximum atomic E-state index is 11.0. The summed E-state index contributed by atoms with van der Waals surface area (Å²) in [5.41, 5.74) is 0. The molecule has 1 atom stereocenters. The van der Waals surface area contributed by atoms with Gasteiger partial charge in [-0.15, -0.1) is 0 Å². The lowest BCUT2D eigenvalue weighted by Crippen LogP contribution is -2.46. The quantitative estimate of drug-likeness (QED) is 0.738. The van der Waals surface area contributed by atoms with Crippen molar-refractivity contribution in [1.29, 1.82) is 0 Å². The van der Waals surface area contributed by atoms with Crippen LogP contribution in [0.5, 0.6) is 0 Å². The largest absolute Gasteiger partial charge is 0.480 e. The zero-order chi connectivity index (χ0) is 12.1. The maximum absolute atomic E-state index is 11.0. The smallest absolute Gasteiger partial charge is 0.320 e. The molecule has 2 N–H and O–H groups in total. The highest BCUT2D eigenvalue weighted by molar-refractivity contribution is 5.73. The zero-order valence-electron chi connectivity index (χ0n) is 10.6. The summed E-state index contributed by atoms with van der Waals surface area (Å²) in [6, 6.07) is -0.374. The Morgan fingerprint density at radius 2 is 2.00 bits per heavy atom. The summed E-state index contributed by atoms with van der Waals surface area (Å²) < 4.78 is 0. The summed E-state index contributed by atoms with van der Waals surface area (Å²) in [5.74, 6) is 0.256. The molecule has 1 saturated heterocycles. The van der Waals surface area contributed by atoms with Gasteiger partial charge >= 0.3 is 5.97 Å². The number of carbonyl (C=O) groups is 1. The second kappa shape index (κ2) is 6.21. The number of carboxylic acid groups (broad SMARTS) is 1. The Morgan fingerprint density at radius 3 is 2.38 bits per heavy atom. The first kappa shape index (κ1) is 13.5. The highest BCUT2D eigenvalue weighted by Gasteiger charge is 2.29. The van der Waals surface area contributed by atoms with Crippen molar-refractivity contribution < 1.29 is 9.90 Å². The summed E-state index contributed by atoms with van der Waals surface area (Å²) in [6.45, 7) is 7.64. The van der Waals surface area contributed by atoms with Crippen LogP contribution in [0.3, 0.4) is 0 Å². The van der Waals surface area contributed by atoms with E-state index in [0.29, 0.717) is 5.92 Å². The molecule has 4 nitrogen and oxygen atoms in total. The average Bonchev–Trinajstić information content (AvgIpc) is 2.20. The molecule has 94 valence electrons. The summed E-state index contributed by atoms with van der Waals surface area (Å²) in [5, 5.41) is 12.0. The minimum Gasteiger partial charge on any atom is -0.480 e. The lowest BCUT2D eigenvalue weighted by molar-refractivity contribution is -0.141. The van der Waals surface area contributed by atoms with Crippen molar-refractivity contribution in [2.45, 2.75) is 32.7 Å². The highest BCUT2D eigenvalue weighted by atomic mass is 16.4. The van der Waals surface area contributed by atoms with Crippen LogP contribution in [-0.2, 0) is 4.79 Å². The molecule has 1 unspecified atom stereocenters. The topological polar surface area (TPSA) is 52.6 Å². The van der Waals surface area contributed by atoms with Gasteiger partial charge in [0.05, 0.1) is 0 Å². The molecule has 1 aliphatic heterocycles. The van der Waals surface area contributed by atoms with Crippen LogP contribution in [0.15, 0.2) is 0 Å². The van der Waals surface area contributed by atoms with Gasteiger partial charge in [-0.1, -0.05) is 13.8 Å². The van der Waals surface area contributed by atoms with Crippen molar-refractivity contribution in [3.05, 3.63) is 0 Å². The van der Waals surface area contributed by atoms with Gasteiger partial charge in [-0.05, 0) is 44.8 Å². The van der Waals surface area contributed by atoms with E-state index in [4.69, 9.17) is 5.11 Å². The summed E-state index contributed by atoms with van der Waals surface area (Å²) in [6.07, 6.45) is 1.98. The SMILES string of the molecule is CNC(C(=O)O)C1CCN(CC(C)C)CC1. The lowest BCUT2D eigenvalue weighted by atomic mass is 9.89. The molecule has 0 aliphatic carbocycles. The van der Waals surface area contributed by atoms with Gasteiger partial charge in [-0.25, -0.2) is 0 Å². The zero-order valence-corrected chi connectivity index (χ0v) is 10.6. The van der Waals surface area contributed by atoms with Crippen LogP contribution in [0.4, 0.5) is 0 Å². The molecule has 0 saturated carbocycles. The third-order valence-electron chi connectivity index (χ3n) is 3.30. The van der Waals surface area contributed by atoms with E-state index < -0.39 is 5.97 Å². The molecule has 0 aromatic rings. The van der Waals surface area contributed by atoms with Crippen molar-refractivity contribution in [1.82, 2.24) is 10.2 Å². The van der Waals surface area contributed by atoms with Crippen LogP contribution in [-0.4, -0.2) is 48.7 Å². The average molecular weight is 228 g/mol. The van der Waals surface area contributed by atoms with E-state index in [-0.39, 0.29) is 12.0 Å². The van der Waals surface area contributed by atoms with E-state index in [1.807, 2.05) is 0 Å². The van der Waals surface area contributed by atoms with E-state index in [0.717, 1.165) is 32.5 Å². The summed E-state index contributed by atoms with van der Waals surface area (Å²) >= 11 is 0. The predicted octanol–water partition coefficient (Wildman–Crippen LogP) is 1.03. The van der Waals surface area contributed by atoms with Gasteiger partial charge in [0.25, 0.3) is 0 Å². The molecular formula is C12H24N2O2. The third-order valence-corrected chi connectivity index (χ3v) is 3.30. The molecule has 16 heavy (non-hydrogen) atoms. The second-order valence-corrected chi connectivity index (χ2v) is 5.14. The fraction of sp³-hybridized carbons (Fsp3) is 0.917. The van der Waals surface area contributed by atoms with Crippen molar-refractivity contribution >= 4 is 5.97 Å². The van der Waals surface area contributed by atoms with Gasteiger partial charge in [0, 0.05) is 6.54 Å². The minimum absolute atomic E-state index is 0.283. The fourth-order valence-electron chi connectivity index (χ4n) is 2.55. The minimum atomic E-state index is -0.718. The number of likely N-dealkylation sites (N-methyl/N-ethyl adjacent to an activating group) is 1. The van der Waals surface area contributed by atoms with Crippen LogP contribution < -0.4 is 5.32 Å². The Kier molecular flexibility index (Phi) is 5.22. The van der Waals surface area contributed by atoms with Crippen LogP contribution in [0, 0.1) is 11.8 Å². The number of rotatable bonds is 5. The number of piperidine rings is 1.